The molecular formula is C12H9N5O3S. The monoisotopic (exact) mass is 303 g/mol. The van der Waals surface area contributed by atoms with Crippen molar-refractivity contribution in [3.63, 3.8) is 0 Å². The Kier molecular flexibility index (Phi) is 4.87. The Labute approximate surface area is 121 Å². The second-order valence-corrected chi connectivity index (χ2v) is 5.48. The maximum Gasteiger partial charge on any atom is 0.240 e. The van der Waals surface area contributed by atoms with Gasteiger partial charge < -0.3 is 10.4 Å². The van der Waals surface area contributed by atoms with Gasteiger partial charge in [-0.15, -0.1) is 0 Å². The summed E-state index contributed by atoms with van der Waals surface area (Å²) in [4.78, 5) is -0.155. The van der Waals surface area contributed by atoms with Crippen molar-refractivity contribution in [2.24, 2.45) is 0 Å². The lowest BCUT2D eigenvalue weighted by molar-refractivity contribution is 0.477. The van der Waals surface area contributed by atoms with E-state index in [-0.39, 0.29) is 16.3 Å². The fourth-order valence-corrected chi connectivity index (χ4v) is 2.07. The molecule has 0 saturated carbocycles. The highest BCUT2D eigenvalue weighted by atomic mass is 32.2. The summed E-state index contributed by atoms with van der Waals surface area (Å²) in [5.41, 5.74) is -1.00. The molecule has 0 heterocycles. The molecule has 0 atom stereocenters. The van der Waals surface area contributed by atoms with Crippen LogP contribution in [0.25, 0.3) is 0 Å². The zero-order valence-corrected chi connectivity index (χ0v) is 11.6. The van der Waals surface area contributed by atoms with E-state index < -0.39 is 21.3 Å². The van der Waals surface area contributed by atoms with Crippen LogP contribution in [0, 0.1) is 34.0 Å². The number of nitrogens with zero attached hydrogens (tertiary/aromatic N) is 3. The fourth-order valence-electron chi connectivity index (χ4n) is 1.32. The van der Waals surface area contributed by atoms with Crippen LogP contribution < -0.4 is 10.0 Å². The van der Waals surface area contributed by atoms with Gasteiger partial charge in [0.05, 0.1) is 10.6 Å². The molecule has 1 aromatic carbocycles. The molecule has 106 valence electrons. The number of nitriles is 3. The zero-order chi connectivity index (χ0) is 16.0. The molecule has 0 radical (unpaired) electrons. The van der Waals surface area contributed by atoms with Crippen LogP contribution in [0.1, 0.15) is 0 Å². The highest BCUT2D eigenvalue weighted by Gasteiger charge is 2.15. The third kappa shape index (κ3) is 3.48. The maximum atomic E-state index is 11.7. The minimum absolute atomic E-state index is 0.120. The predicted molar refractivity (Wildman–Crippen MR) is 71.8 cm³/mol. The Bertz CT molecular complexity index is 806. The second-order valence-electron chi connectivity index (χ2n) is 3.60. The van der Waals surface area contributed by atoms with Crippen LogP contribution in [0.2, 0.25) is 0 Å². The Hall–Kier alpha value is -3.06. The number of benzene rings is 1. The zero-order valence-electron chi connectivity index (χ0n) is 10.7. The number of rotatable bonds is 4. The van der Waals surface area contributed by atoms with Gasteiger partial charge in [0.1, 0.15) is 29.7 Å². The third-order valence-corrected chi connectivity index (χ3v) is 3.80. The van der Waals surface area contributed by atoms with E-state index in [0.717, 1.165) is 18.2 Å². The first-order valence-corrected chi connectivity index (χ1v) is 6.86. The van der Waals surface area contributed by atoms with Crippen molar-refractivity contribution in [2.75, 3.05) is 12.4 Å². The second kappa shape index (κ2) is 6.40. The van der Waals surface area contributed by atoms with Crippen LogP contribution in [0.15, 0.2) is 34.4 Å². The number of hydrogen-bond acceptors (Lipinski definition) is 7. The third-order valence-electron chi connectivity index (χ3n) is 2.39. The quantitative estimate of drug-likeness (QED) is 0.542. The number of aromatic hydroxyl groups is 1. The summed E-state index contributed by atoms with van der Waals surface area (Å²) in [5, 5.41) is 38.4. The average Bonchev–Trinajstić information content (AvgIpc) is 2.48. The van der Waals surface area contributed by atoms with Crippen LogP contribution >= 0.6 is 0 Å². The van der Waals surface area contributed by atoms with Gasteiger partial charge in [0.2, 0.25) is 10.0 Å². The van der Waals surface area contributed by atoms with Gasteiger partial charge in [-0.05, 0) is 25.2 Å². The minimum atomic E-state index is -3.74. The van der Waals surface area contributed by atoms with Crippen LogP contribution in [-0.4, -0.2) is 20.6 Å². The molecule has 1 aromatic rings. The molecule has 0 aliphatic rings. The molecule has 0 fully saturated rings. The number of phenols is 1. The number of anilines is 1. The van der Waals surface area contributed by atoms with E-state index in [1.54, 1.807) is 6.07 Å². The van der Waals surface area contributed by atoms with Gasteiger partial charge in [-0.2, -0.15) is 15.8 Å². The van der Waals surface area contributed by atoms with Gasteiger partial charge in [-0.25, -0.2) is 13.1 Å². The number of sulfonamides is 1. The molecule has 0 aromatic heterocycles. The molecule has 1 rings (SSSR count). The maximum absolute atomic E-state index is 11.7. The first kappa shape index (κ1) is 16.0. The Morgan fingerprint density at radius 2 is 1.81 bits per heavy atom. The van der Waals surface area contributed by atoms with Crippen LogP contribution in [0.5, 0.6) is 5.75 Å². The van der Waals surface area contributed by atoms with Crippen molar-refractivity contribution in [3.8, 4) is 24.0 Å². The number of allylic oxidation sites excluding steroid dienone is 2. The first-order chi connectivity index (χ1) is 9.89. The topological polar surface area (TPSA) is 150 Å². The molecule has 0 unspecified atom stereocenters. The van der Waals surface area contributed by atoms with Crippen molar-refractivity contribution < 1.29 is 13.5 Å². The summed E-state index contributed by atoms with van der Waals surface area (Å²) >= 11 is 0. The number of nitrogens with one attached hydrogen (secondary N) is 2. The normalized spacial score (nSPS) is 9.81. The van der Waals surface area contributed by atoms with Crippen LogP contribution in [0.3, 0.4) is 0 Å². The molecule has 9 heteroatoms. The van der Waals surface area contributed by atoms with E-state index in [1.165, 1.54) is 19.2 Å². The summed E-state index contributed by atoms with van der Waals surface area (Å²) in [7, 11) is -2.52. The van der Waals surface area contributed by atoms with Gasteiger partial charge >= 0.3 is 0 Å². The summed E-state index contributed by atoms with van der Waals surface area (Å²) in [6, 6.07) is 7.99. The highest BCUT2D eigenvalue weighted by Crippen LogP contribution is 2.27. The average molecular weight is 303 g/mol. The fraction of sp³-hybridized carbons (Fsp3) is 0.0833. The molecule has 0 bridgehead atoms. The van der Waals surface area contributed by atoms with Gasteiger partial charge in [0.15, 0.2) is 5.57 Å². The summed E-state index contributed by atoms with van der Waals surface area (Å²) in [5.74, 6) is -0.340. The molecular weight excluding hydrogens is 294 g/mol. The number of hydrogen-bond donors (Lipinski definition) is 3. The first-order valence-electron chi connectivity index (χ1n) is 5.37. The van der Waals surface area contributed by atoms with E-state index in [0.29, 0.717) is 0 Å². The molecule has 21 heavy (non-hydrogen) atoms. The lowest BCUT2D eigenvalue weighted by Gasteiger charge is -2.09. The summed E-state index contributed by atoms with van der Waals surface area (Å²) in [6.45, 7) is 0. The predicted octanol–water partition coefficient (Wildman–Crippen LogP) is 0.537. The lowest BCUT2D eigenvalue weighted by atomic mass is 10.2. The standard InChI is InChI=1S/C12H9N5O3S/c1-16-21(19,20)9-2-3-12(18)10(4-9)17-11(7-15)8(5-13)6-14/h2-4,16-18H,1H3. The largest absolute Gasteiger partial charge is 0.506 e. The molecule has 0 aliphatic heterocycles. The van der Waals surface area contributed by atoms with Crippen LogP contribution in [-0.2, 0) is 10.0 Å². The van der Waals surface area contributed by atoms with E-state index in [2.05, 4.69) is 10.0 Å². The Morgan fingerprint density at radius 1 is 1.19 bits per heavy atom. The minimum Gasteiger partial charge on any atom is -0.506 e. The summed E-state index contributed by atoms with van der Waals surface area (Å²) in [6.07, 6.45) is 0. The summed E-state index contributed by atoms with van der Waals surface area (Å²) < 4.78 is 25.4. The smallest absolute Gasteiger partial charge is 0.240 e. The van der Waals surface area contributed by atoms with Crippen LogP contribution in [0.4, 0.5) is 5.69 Å². The van der Waals surface area contributed by atoms with E-state index in [9.17, 15) is 13.5 Å². The van der Waals surface area contributed by atoms with Gasteiger partial charge in [-0.3, -0.25) is 0 Å². The van der Waals surface area contributed by atoms with Crippen molar-refractivity contribution in [3.05, 3.63) is 29.5 Å². The molecule has 0 saturated heterocycles. The van der Waals surface area contributed by atoms with Crippen molar-refractivity contribution in [2.45, 2.75) is 4.90 Å². The Morgan fingerprint density at radius 3 is 2.29 bits per heavy atom. The molecule has 3 N–H and O–H groups in total. The van der Waals surface area contributed by atoms with E-state index >= 15 is 0 Å². The Balaban J connectivity index is 3.38. The van der Waals surface area contributed by atoms with Gasteiger partial charge in [0.25, 0.3) is 0 Å². The van der Waals surface area contributed by atoms with E-state index in [1.807, 2.05) is 0 Å². The molecule has 8 nitrogen and oxygen atoms in total. The lowest BCUT2D eigenvalue weighted by Crippen LogP contribution is -2.18. The van der Waals surface area contributed by atoms with Crippen molar-refractivity contribution >= 4 is 15.7 Å². The highest BCUT2D eigenvalue weighted by molar-refractivity contribution is 7.89. The molecule has 0 amide bonds. The molecule has 0 spiro atoms. The number of phenolic OH excluding ortho intramolecular Hbond substituents is 1. The van der Waals surface area contributed by atoms with E-state index in [4.69, 9.17) is 15.8 Å². The van der Waals surface area contributed by atoms with Crippen molar-refractivity contribution in [1.82, 2.24) is 4.72 Å². The molecule has 0 aliphatic carbocycles. The van der Waals surface area contributed by atoms with Gasteiger partial charge in [0, 0.05) is 0 Å². The SMILES string of the molecule is CNS(=O)(=O)c1ccc(O)c(NC(C#N)=C(C#N)C#N)c1. The van der Waals surface area contributed by atoms with Crippen molar-refractivity contribution in [1.29, 1.82) is 15.8 Å². The van der Waals surface area contributed by atoms with Gasteiger partial charge in [-0.1, -0.05) is 0 Å².